The number of carbonyl (C=O) groups excluding carboxylic acids is 1. The van der Waals surface area contributed by atoms with Crippen molar-refractivity contribution in [2.75, 3.05) is 32.6 Å². The summed E-state index contributed by atoms with van der Waals surface area (Å²) in [6.07, 6.45) is -4.40. The van der Waals surface area contributed by atoms with E-state index in [2.05, 4.69) is 5.32 Å². The normalized spacial score (nSPS) is 12.9. The van der Waals surface area contributed by atoms with Crippen molar-refractivity contribution in [2.45, 2.75) is 12.2 Å². The van der Waals surface area contributed by atoms with E-state index in [1.807, 2.05) is 0 Å². The third-order valence-electron chi connectivity index (χ3n) is 2.70. The van der Waals surface area contributed by atoms with Crippen LogP contribution in [-0.4, -0.2) is 44.3 Å². The highest BCUT2D eigenvalue weighted by molar-refractivity contribution is 5.89. The first-order valence-electron chi connectivity index (χ1n) is 6.18. The lowest BCUT2D eigenvalue weighted by Gasteiger charge is -2.21. The smallest absolute Gasteiger partial charge is 0.383 e. The summed E-state index contributed by atoms with van der Waals surface area (Å²) >= 11 is 0. The maximum absolute atomic E-state index is 12.4. The van der Waals surface area contributed by atoms with Crippen LogP contribution in [0.1, 0.15) is 5.56 Å². The van der Waals surface area contributed by atoms with Gasteiger partial charge in [-0.15, -0.1) is 0 Å². The number of nitrogens with zero attached hydrogens (tertiary/aromatic N) is 1. The van der Waals surface area contributed by atoms with Crippen molar-refractivity contribution in [3.8, 4) is 0 Å². The second-order valence-corrected chi connectivity index (χ2v) is 4.60. The summed E-state index contributed by atoms with van der Waals surface area (Å²) < 4.78 is 42.1. The molecule has 0 saturated carbocycles. The van der Waals surface area contributed by atoms with Gasteiger partial charge in [-0.25, -0.2) is 4.79 Å². The molecule has 2 amide bonds. The number of nitrogens with one attached hydrogen (secondary N) is 1. The van der Waals surface area contributed by atoms with Gasteiger partial charge in [-0.1, -0.05) is 0 Å². The van der Waals surface area contributed by atoms with Gasteiger partial charge in [-0.2, -0.15) is 13.2 Å². The molecule has 0 radical (unpaired) electrons. The van der Waals surface area contributed by atoms with E-state index in [9.17, 15) is 18.0 Å². The second-order valence-electron chi connectivity index (χ2n) is 4.60. The summed E-state index contributed by atoms with van der Waals surface area (Å²) in [4.78, 5) is 13.2. The number of alkyl halides is 3. The van der Waals surface area contributed by atoms with Gasteiger partial charge in [0.1, 0.15) is 0 Å². The van der Waals surface area contributed by atoms with Crippen LogP contribution in [0.4, 0.5) is 23.7 Å². The summed E-state index contributed by atoms with van der Waals surface area (Å²) in [6.45, 7) is 0.568. The number of anilines is 1. The molecule has 0 aromatic heterocycles. The lowest BCUT2D eigenvalue weighted by atomic mass is 10.2. The number of ether oxygens (including phenoxy) is 1. The predicted molar refractivity (Wildman–Crippen MR) is 72.9 cm³/mol. The second kappa shape index (κ2) is 7.28. The number of rotatable bonds is 5. The number of amides is 2. The third kappa shape index (κ3) is 5.60. The summed E-state index contributed by atoms with van der Waals surface area (Å²) in [7, 11) is 3.04. The van der Waals surface area contributed by atoms with Crippen molar-refractivity contribution in [2.24, 2.45) is 5.73 Å². The van der Waals surface area contributed by atoms with E-state index in [0.29, 0.717) is 6.61 Å². The van der Waals surface area contributed by atoms with Crippen LogP contribution in [0.3, 0.4) is 0 Å². The number of carbonyl (C=O) groups is 1. The zero-order valence-corrected chi connectivity index (χ0v) is 11.8. The van der Waals surface area contributed by atoms with E-state index >= 15 is 0 Å². The number of benzene rings is 1. The number of hydrogen-bond acceptors (Lipinski definition) is 3. The molecule has 1 aromatic rings. The fourth-order valence-corrected chi connectivity index (χ4v) is 1.66. The minimum absolute atomic E-state index is 0.264. The molecule has 0 aliphatic carbocycles. The zero-order chi connectivity index (χ0) is 16.0. The largest absolute Gasteiger partial charge is 0.416 e. The van der Waals surface area contributed by atoms with Gasteiger partial charge in [-0.05, 0) is 24.3 Å². The minimum Gasteiger partial charge on any atom is -0.383 e. The highest BCUT2D eigenvalue weighted by Crippen LogP contribution is 2.29. The molecule has 1 aromatic carbocycles. The summed E-state index contributed by atoms with van der Waals surface area (Å²) in [5.74, 6) is 0. The van der Waals surface area contributed by atoms with Crippen LogP contribution in [0.25, 0.3) is 0 Å². The fraction of sp³-hybridized carbons (Fsp3) is 0.462. The molecule has 0 bridgehead atoms. The Balaban J connectivity index is 2.58. The molecule has 21 heavy (non-hydrogen) atoms. The standard InChI is InChI=1S/C13H18F3N3O2/c1-19(7-10(17)8-21-2)12(20)18-11-5-3-9(4-6-11)13(14,15)16/h3-6,10H,7-8,17H2,1-2H3,(H,18,20). The number of hydrogen-bond donors (Lipinski definition) is 2. The summed E-state index contributed by atoms with van der Waals surface area (Å²) in [6, 6.07) is 3.42. The Labute approximate surface area is 120 Å². The van der Waals surface area contributed by atoms with Crippen LogP contribution in [-0.2, 0) is 10.9 Å². The van der Waals surface area contributed by atoms with Crippen molar-refractivity contribution in [3.05, 3.63) is 29.8 Å². The summed E-state index contributed by atoms with van der Waals surface area (Å²) in [5.41, 5.74) is 5.22. The van der Waals surface area contributed by atoms with Crippen LogP contribution in [0.15, 0.2) is 24.3 Å². The molecule has 1 rings (SSSR count). The average molecular weight is 305 g/mol. The molecular weight excluding hydrogens is 287 g/mol. The van der Waals surface area contributed by atoms with Gasteiger partial charge in [0, 0.05) is 32.4 Å². The molecule has 8 heteroatoms. The molecule has 0 aliphatic heterocycles. The maximum Gasteiger partial charge on any atom is 0.416 e. The summed E-state index contributed by atoms with van der Waals surface area (Å²) in [5, 5.41) is 2.49. The molecule has 1 unspecified atom stereocenters. The molecular formula is C13H18F3N3O2. The Hall–Kier alpha value is -1.80. The number of likely N-dealkylation sites (N-methyl/N-ethyl adjacent to an activating group) is 1. The molecule has 1 atom stereocenters. The minimum atomic E-state index is -4.40. The Morgan fingerprint density at radius 3 is 2.43 bits per heavy atom. The number of nitrogens with two attached hydrogens (primary N) is 1. The number of methoxy groups -OCH3 is 1. The maximum atomic E-state index is 12.4. The van der Waals surface area contributed by atoms with E-state index in [-0.39, 0.29) is 18.3 Å². The van der Waals surface area contributed by atoms with Gasteiger partial charge in [0.05, 0.1) is 12.2 Å². The van der Waals surface area contributed by atoms with E-state index in [1.165, 1.54) is 31.2 Å². The van der Waals surface area contributed by atoms with Crippen molar-refractivity contribution in [3.63, 3.8) is 0 Å². The zero-order valence-electron chi connectivity index (χ0n) is 11.8. The van der Waals surface area contributed by atoms with Gasteiger partial charge >= 0.3 is 12.2 Å². The Kier molecular flexibility index (Phi) is 5.98. The molecule has 118 valence electrons. The average Bonchev–Trinajstić information content (AvgIpc) is 2.38. The van der Waals surface area contributed by atoms with E-state index < -0.39 is 17.8 Å². The van der Waals surface area contributed by atoms with Crippen LogP contribution in [0.2, 0.25) is 0 Å². The first kappa shape index (κ1) is 17.3. The molecule has 0 fully saturated rings. The van der Waals surface area contributed by atoms with Gasteiger partial charge in [-0.3, -0.25) is 0 Å². The number of halogens is 3. The van der Waals surface area contributed by atoms with E-state index in [0.717, 1.165) is 12.1 Å². The Morgan fingerprint density at radius 1 is 1.38 bits per heavy atom. The quantitative estimate of drug-likeness (QED) is 0.876. The topological polar surface area (TPSA) is 67.6 Å². The predicted octanol–water partition coefficient (Wildman–Crippen LogP) is 2.14. The van der Waals surface area contributed by atoms with Gasteiger partial charge < -0.3 is 20.7 Å². The van der Waals surface area contributed by atoms with Crippen LogP contribution >= 0.6 is 0 Å². The van der Waals surface area contributed by atoms with Crippen molar-refractivity contribution >= 4 is 11.7 Å². The van der Waals surface area contributed by atoms with Crippen LogP contribution in [0, 0.1) is 0 Å². The van der Waals surface area contributed by atoms with Gasteiger partial charge in [0.15, 0.2) is 0 Å². The van der Waals surface area contributed by atoms with E-state index in [1.54, 1.807) is 0 Å². The SMILES string of the molecule is COCC(N)CN(C)C(=O)Nc1ccc(C(F)(F)F)cc1. The highest BCUT2D eigenvalue weighted by atomic mass is 19.4. The van der Waals surface area contributed by atoms with Crippen LogP contribution in [0.5, 0.6) is 0 Å². The molecule has 3 N–H and O–H groups in total. The number of urea groups is 1. The van der Waals surface area contributed by atoms with Crippen molar-refractivity contribution in [1.29, 1.82) is 0 Å². The molecule has 0 saturated heterocycles. The lowest BCUT2D eigenvalue weighted by molar-refractivity contribution is -0.137. The highest BCUT2D eigenvalue weighted by Gasteiger charge is 2.30. The van der Waals surface area contributed by atoms with Crippen molar-refractivity contribution in [1.82, 2.24) is 4.90 Å². The molecule has 0 spiro atoms. The first-order valence-corrected chi connectivity index (χ1v) is 6.18. The molecule has 5 nitrogen and oxygen atoms in total. The molecule has 0 heterocycles. The third-order valence-corrected chi connectivity index (χ3v) is 2.70. The Morgan fingerprint density at radius 2 is 1.95 bits per heavy atom. The van der Waals surface area contributed by atoms with Crippen molar-refractivity contribution < 1.29 is 22.7 Å². The van der Waals surface area contributed by atoms with E-state index in [4.69, 9.17) is 10.5 Å². The van der Waals surface area contributed by atoms with Crippen LogP contribution < -0.4 is 11.1 Å². The monoisotopic (exact) mass is 305 g/mol. The first-order chi connectivity index (χ1) is 9.74. The Bertz CT molecular complexity index is 463. The van der Waals surface area contributed by atoms with Gasteiger partial charge in [0.25, 0.3) is 0 Å². The lowest BCUT2D eigenvalue weighted by Crippen LogP contribution is -2.42. The fourth-order valence-electron chi connectivity index (χ4n) is 1.66. The molecule has 0 aliphatic rings. The van der Waals surface area contributed by atoms with Gasteiger partial charge in [0.2, 0.25) is 0 Å².